The quantitative estimate of drug-likeness (QED) is 0.537. The number of rotatable bonds is 7. The van der Waals surface area contributed by atoms with Crippen LogP contribution in [-0.4, -0.2) is 76.6 Å². The highest BCUT2D eigenvalue weighted by Crippen LogP contribution is 2.07. The summed E-state index contributed by atoms with van der Waals surface area (Å²) in [6.07, 6.45) is 1.00. The van der Waals surface area contributed by atoms with E-state index in [9.17, 15) is 14.4 Å². The van der Waals surface area contributed by atoms with Crippen LogP contribution in [0.15, 0.2) is 0 Å². The molecule has 0 radical (unpaired) electrons. The van der Waals surface area contributed by atoms with E-state index < -0.39 is 18.0 Å². The lowest BCUT2D eigenvalue weighted by atomic mass is 10.1. The van der Waals surface area contributed by atoms with Gasteiger partial charge in [0.25, 0.3) is 0 Å². The number of nitrogens with two attached hydrogens (primary N) is 1. The van der Waals surface area contributed by atoms with Crippen LogP contribution in [0.2, 0.25) is 0 Å². The molecule has 0 aromatic rings. The molecule has 0 aromatic heterocycles. The fourth-order valence-electron chi connectivity index (χ4n) is 2.10. The first-order valence-corrected chi connectivity index (χ1v) is 6.60. The summed E-state index contributed by atoms with van der Waals surface area (Å²) in [5, 5.41) is 17.3. The van der Waals surface area contributed by atoms with E-state index in [0.29, 0.717) is 32.6 Å². The van der Waals surface area contributed by atoms with Gasteiger partial charge in [0.1, 0.15) is 6.04 Å². The fraction of sp³-hybridized carbons (Fsp3) is 0.750. The van der Waals surface area contributed by atoms with Crippen LogP contribution in [0, 0.1) is 0 Å². The van der Waals surface area contributed by atoms with Gasteiger partial charge in [-0.15, -0.1) is 0 Å². The van der Waals surface area contributed by atoms with Crippen LogP contribution in [0.5, 0.6) is 0 Å². The number of hydrogen-bond acceptors (Lipinski definition) is 5. The molecule has 0 saturated carbocycles. The molecule has 1 saturated heterocycles. The molecule has 4 N–H and O–H groups in total. The monoisotopic (exact) mass is 287 g/mol. The zero-order valence-electron chi connectivity index (χ0n) is 11.3. The van der Waals surface area contributed by atoms with E-state index in [1.165, 1.54) is 0 Å². The van der Waals surface area contributed by atoms with E-state index in [4.69, 9.17) is 15.9 Å². The lowest BCUT2D eigenvalue weighted by molar-refractivity contribution is -0.140. The standard InChI is InChI=1S/C12H21N3O5/c13-9(12(19)20)2-1-3-10(16)15-6-4-14(5-7-15)8-11(17)18/h9H,1-8,13H2,(H,17,18)(H,19,20)/t9-/m1/s1. The van der Waals surface area contributed by atoms with E-state index in [1.807, 2.05) is 0 Å². The average molecular weight is 287 g/mol. The Balaban J connectivity index is 2.22. The molecule has 8 heteroatoms. The van der Waals surface area contributed by atoms with Crippen molar-refractivity contribution in [2.24, 2.45) is 5.73 Å². The van der Waals surface area contributed by atoms with Gasteiger partial charge in [0.2, 0.25) is 5.91 Å². The van der Waals surface area contributed by atoms with Gasteiger partial charge in [-0.1, -0.05) is 0 Å². The predicted molar refractivity (Wildman–Crippen MR) is 70.1 cm³/mol. The van der Waals surface area contributed by atoms with Crippen LogP contribution in [0.3, 0.4) is 0 Å². The summed E-state index contributed by atoms with van der Waals surface area (Å²) < 4.78 is 0. The normalized spacial score (nSPS) is 17.8. The lowest BCUT2D eigenvalue weighted by Crippen LogP contribution is -2.49. The van der Waals surface area contributed by atoms with Gasteiger partial charge in [-0.2, -0.15) is 0 Å². The summed E-state index contributed by atoms with van der Waals surface area (Å²) in [5.74, 6) is -1.95. The van der Waals surface area contributed by atoms with Crippen molar-refractivity contribution >= 4 is 17.8 Å². The zero-order chi connectivity index (χ0) is 15.1. The van der Waals surface area contributed by atoms with E-state index in [2.05, 4.69) is 0 Å². The van der Waals surface area contributed by atoms with Gasteiger partial charge in [0.05, 0.1) is 6.54 Å². The number of hydrogen-bond donors (Lipinski definition) is 3. The van der Waals surface area contributed by atoms with Crippen LogP contribution < -0.4 is 5.73 Å². The van der Waals surface area contributed by atoms with Crippen LogP contribution in [-0.2, 0) is 14.4 Å². The molecule has 1 aliphatic heterocycles. The second kappa shape index (κ2) is 7.81. The Morgan fingerprint density at radius 1 is 1.10 bits per heavy atom. The van der Waals surface area contributed by atoms with Gasteiger partial charge in [-0.25, -0.2) is 0 Å². The van der Waals surface area contributed by atoms with Crippen molar-refractivity contribution in [3.63, 3.8) is 0 Å². The summed E-state index contributed by atoms with van der Waals surface area (Å²) in [6.45, 7) is 2.11. The number of aliphatic carboxylic acids is 2. The van der Waals surface area contributed by atoms with Crippen LogP contribution in [0.4, 0.5) is 0 Å². The van der Waals surface area contributed by atoms with Crippen molar-refractivity contribution in [2.45, 2.75) is 25.3 Å². The third-order valence-electron chi connectivity index (χ3n) is 3.31. The van der Waals surface area contributed by atoms with Crippen molar-refractivity contribution in [3.05, 3.63) is 0 Å². The topological polar surface area (TPSA) is 124 Å². The summed E-state index contributed by atoms with van der Waals surface area (Å²) in [7, 11) is 0. The first-order valence-electron chi connectivity index (χ1n) is 6.60. The molecule has 0 aliphatic carbocycles. The predicted octanol–water partition coefficient (Wildman–Crippen LogP) is -1.20. The Labute approximate surface area is 117 Å². The molecule has 1 atom stereocenters. The third kappa shape index (κ3) is 5.54. The lowest BCUT2D eigenvalue weighted by Gasteiger charge is -2.33. The number of carbonyl (C=O) groups is 3. The molecule has 1 fully saturated rings. The molecule has 0 bridgehead atoms. The van der Waals surface area contributed by atoms with Crippen molar-refractivity contribution in [3.8, 4) is 0 Å². The van der Waals surface area contributed by atoms with Crippen molar-refractivity contribution in [1.82, 2.24) is 9.80 Å². The number of nitrogens with zero attached hydrogens (tertiary/aromatic N) is 2. The second-order valence-corrected chi connectivity index (χ2v) is 4.89. The van der Waals surface area contributed by atoms with E-state index in [0.717, 1.165) is 0 Å². The molecular weight excluding hydrogens is 266 g/mol. The molecule has 1 amide bonds. The Hall–Kier alpha value is -1.67. The number of carboxylic acid groups (broad SMARTS) is 2. The maximum absolute atomic E-state index is 11.9. The van der Waals surface area contributed by atoms with Crippen molar-refractivity contribution < 1.29 is 24.6 Å². The summed E-state index contributed by atoms with van der Waals surface area (Å²) in [6, 6.07) is -0.921. The Morgan fingerprint density at radius 3 is 2.20 bits per heavy atom. The Bertz CT molecular complexity index is 366. The Morgan fingerprint density at radius 2 is 1.70 bits per heavy atom. The summed E-state index contributed by atoms with van der Waals surface area (Å²) in [5.41, 5.74) is 5.36. The smallest absolute Gasteiger partial charge is 0.320 e. The highest BCUT2D eigenvalue weighted by atomic mass is 16.4. The minimum Gasteiger partial charge on any atom is -0.480 e. The van der Waals surface area contributed by atoms with Gasteiger partial charge in [-0.3, -0.25) is 19.3 Å². The zero-order valence-corrected chi connectivity index (χ0v) is 11.3. The van der Waals surface area contributed by atoms with E-state index >= 15 is 0 Å². The largest absolute Gasteiger partial charge is 0.480 e. The van der Waals surface area contributed by atoms with Crippen LogP contribution >= 0.6 is 0 Å². The number of amides is 1. The van der Waals surface area contributed by atoms with Gasteiger partial charge < -0.3 is 20.8 Å². The molecule has 0 aromatic carbocycles. The molecule has 8 nitrogen and oxygen atoms in total. The summed E-state index contributed by atoms with van der Waals surface area (Å²) in [4.78, 5) is 36.4. The number of carboxylic acids is 2. The van der Waals surface area contributed by atoms with Crippen LogP contribution in [0.1, 0.15) is 19.3 Å². The first kappa shape index (κ1) is 16.4. The number of carbonyl (C=O) groups excluding carboxylic acids is 1. The minimum absolute atomic E-state index is 0.00447. The summed E-state index contributed by atoms with van der Waals surface area (Å²) >= 11 is 0. The Kier molecular flexibility index (Phi) is 6.40. The van der Waals surface area contributed by atoms with E-state index in [1.54, 1.807) is 9.80 Å². The molecule has 114 valence electrons. The average Bonchev–Trinajstić information content (AvgIpc) is 2.38. The highest BCUT2D eigenvalue weighted by Gasteiger charge is 2.22. The molecule has 1 rings (SSSR count). The van der Waals surface area contributed by atoms with Crippen LogP contribution in [0.25, 0.3) is 0 Å². The molecule has 0 spiro atoms. The van der Waals surface area contributed by atoms with Gasteiger partial charge >= 0.3 is 11.9 Å². The highest BCUT2D eigenvalue weighted by molar-refractivity contribution is 5.76. The van der Waals surface area contributed by atoms with Gasteiger partial charge in [0, 0.05) is 32.6 Å². The SMILES string of the molecule is N[C@H](CCCC(=O)N1CCN(CC(=O)O)CC1)C(=O)O. The number of piperazine rings is 1. The maximum atomic E-state index is 11.9. The van der Waals surface area contributed by atoms with Crippen molar-refractivity contribution in [2.75, 3.05) is 32.7 Å². The fourth-order valence-corrected chi connectivity index (χ4v) is 2.10. The minimum atomic E-state index is -1.06. The van der Waals surface area contributed by atoms with Gasteiger partial charge in [-0.05, 0) is 12.8 Å². The third-order valence-corrected chi connectivity index (χ3v) is 3.31. The maximum Gasteiger partial charge on any atom is 0.320 e. The van der Waals surface area contributed by atoms with Gasteiger partial charge in [0.15, 0.2) is 0 Å². The molecular formula is C12H21N3O5. The second-order valence-electron chi connectivity index (χ2n) is 4.89. The van der Waals surface area contributed by atoms with E-state index in [-0.39, 0.29) is 25.3 Å². The molecule has 0 unspecified atom stereocenters. The molecule has 1 aliphatic rings. The van der Waals surface area contributed by atoms with Crippen molar-refractivity contribution in [1.29, 1.82) is 0 Å². The molecule has 1 heterocycles. The first-order chi connectivity index (χ1) is 9.40. The molecule has 20 heavy (non-hydrogen) atoms.